The molecular formula is C21H17FN4O. The normalized spacial score (nSPS) is 10.7. The number of nitriles is 1. The third-order valence-electron chi connectivity index (χ3n) is 4.10. The molecule has 1 amide bonds. The van der Waals surface area contributed by atoms with Crippen LogP contribution in [0.15, 0.2) is 59.8 Å². The number of hydrazone groups is 1. The molecule has 0 spiro atoms. The highest BCUT2D eigenvalue weighted by Crippen LogP contribution is 2.17. The van der Waals surface area contributed by atoms with Crippen molar-refractivity contribution in [1.82, 2.24) is 9.99 Å². The Morgan fingerprint density at radius 1 is 1.22 bits per heavy atom. The molecule has 0 aliphatic heterocycles. The average molecular weight is 360 g/mol. The van der Waals surface area contributed by atoms with Crippen molar-refractivity contribution in [2.24, 2.45) is 5.10 Å². The minimum Gasteiger partial charge on any atom is -0.315 e. The Hall–Kier alpha value is -3.72. The van der Waals surface area contributed by atoms with Gasteiger partial charge in [0, 0.05) is 11.9 Å². The van der Waals surface area contributed by atoms with Crippen molar-refractivity contribution < 1.29 is 9.18 Å². The molecule has 1 heterocycles. The number of benzene rings is 2. The molecule has 0 unspecified atom stereocenters. The van der Waals surface area contributed by atoms with Gasteiger partial charge in [0.1, 0.15) is 5.82 Å². The van der Waals surface area contributed by atoms with Crippen molar-refractivity contribution in [1.29, 1.82) is 5.26 Å². The summed E-state index contributed by atoms with van der Waals surface area (Å²) in [5.74, 6) is -1.45. The minimum atomic E-state index is -0.764. The maximum atomic E-state index is 13.9. The van der Waals surface area contributed by atoms with E-state index in [-0.39, 0.29) is 11.1 Å². The summed E-state index contributed by atoms with van der Waals surface area (Å²) >= 11 is 0. The molecule has 134 valence electrons. The first-order valence-electron chi connectivity index (χ1n) is 8.27. The van der Waals surface area contributed by atoms with Crippen molar-refractivity contribution in [2.45, 2.75) is 13.8 Å². The number of nitrogens with one attached hydrogen (secondary N) is 1. The van der Waals surface area contributed by atoms with Gasteiger partial charge >= 0.3 is 0 Å². The highest BCUT2D eigenvalue weighted by molar-refractivity contribution is 5.95. The predicted octanol–water partition coefficient (Wildman–Crippen LogP) is 3.87. The first-order chi connectivity index (χ1) is 13.0. The summed E-state index contributed by atoms with van der Waals surface area (Å²) in [5.41, 5.74) is 6.36. The van der Waals surface area contributed by atoms with E-state index in [1.165, 1.54) is 23.9 Å². The number of carbonyl (C=O) groups is 1. The zero-order chi connectivity index (χ0) is 19.4. The third-order valence-corrected chi connectivity index (χ3v) is 4.10. The van der Waals surface area contributed by atoms with E-state index in [0.717, 1.165) is 23.0 Å². The van der Waals surface area contributed by atoms with Crippen LogP contribution in [0.2, 0.25) is 0 Å². The fourth-order valence-corrected chi connectivity index (χ4v) is 2.78. The van der Waals surface area contributed by atoms with E-state index in [0.29, 0.717) is 0 Å². The smallest absolute Gasteiger partial charge is 0.274 e. The monoisotopic (exact) mass is 360 g/mol. The van der Waals surface area contributed by atoms with Gasteiger partial charge in [-0.2, -0.15) is 10.4 Å². The summed E-state index contributed by atoms with van der Waals surface area (Å²) in [6.45, 7) is 4.06. The van der Waals surface area contributed by atoms with Crippen LogP contribution in [-0.4, -0.2) is 16.7 Å². The Bertz CT molecular complexity index is 1080. The SMILES string of the molecule is Cc1ccc(-n2cccc2C=NNC(=O)c2ccc(C#N)cc2F)c(C)c1. The van der Waals surface area contributed by atoms with Crippen LogP contribution in [0.4, 0.5) is 4.39 Å². The Morgan fingerprint density at radius 2 is 2.04 bits per heavy atom. The van der Waals surface area contributed by atoms with Crippen molar-refractivity contribution in [2.75, 3.05) is 0 Å². The number of carbonyl (C=O) groups excluding carboxylic acids is 1. The molecule has 3 aromatic rings. The van der Waals surface area contributed by atoms with Crippen molar-refractivity contribution in [3.8, 4) is 11.8 Å². The molecule has 0 saturated heterocycles. The number of hydrogen-bond donors (Lipinski definition) is 1. The van der Waals surface area contributed by atoms with E-state index in [4.69, 9.17) is 5.26 Å². The number of hydrogen-bond acceptors (Lipinski definition) is 3. The molecular weight excluding hydrogens is 343 g/mol. The molecule has 5 nitrogen and oxygen atoms in total. The van der Waals surface area contributed by atoms with Gasteiger partial charge in [0.05, 0.1) is 29.1 Å². The van der Waals surface area contributed by atoms with Gasteiger partial charge in [-0.05, 0) is 55.8 Å². The van der Waals surface area contributed by atoms with Crippen LogP contribution < -0.4 is 5.43 Å². The molecule has 0 aliphatic rings. The summed E-state index contributed by atoms with van der Waals surface area (Å²) in [6, 6.07) is 15.4. The van der Waals surface area contributed by atoms with Gasteiger partial charge in [0.2, 0.25) is 0 Å². The van der Waals surface area contributed by atoms with E-state index < -0.39 is 11.7 Å². The van der Waals surface area contributed by atoms with E-state index >= 15 is 0 Å². The summed E-state index contributed by atoms with van der Waals surface area (Å²) in [5, 5.41) is 12.7. The maximum absolute atomic E-state index is 13.9. The van der Waals surface area contributed by atoms with Gasteiger partial charge < -0.3 is 4.57 Å². The lowest BCUT2D eigenvalue weighted by molar-refractivity contribution is 0.0951. The highest BCUT2D eigenvalue weighted by atomic mass is 19.1. The number of halogens is 1. The molecule has 0 radical (unpaired) electrons. The quantitative estimate of drug-likeness (QED) is 0.567. The number of nitrogens with zero attached hydrogens (tertiary/aromatic N) is 3. The van der Waals surface area contributed by atoms with Crippen molar-refractivity contribution in [3.05, 3.63) is 88.5 Å². The second-order valence-electron chi connectivity index (χ2n) is 6.10. The number of rotatable bonds is 4. The second-order valence-corrected chi connectivity index (χ2v) is 6.10. The molecule has 6 heteroatoms. The van der Waals surface area contributed by atoms with E-state index in [1.54, 1.807) is 0 Å². The average Bonchev–Trinajstić information content (AvgIpc) is 3.09. The summed E-state index contributed by atoms with van der Waals surface area (Å²) < 4.78 is 15.8. The van der Waals surface area contributed by atoms with Crippen LogP contribution in [0.5, 0.6) is 0 Å². The maximum Gasteiger partial charge on any atom is 0.274 e. The number of aromatic nitrogens is 1. The fraction of sp³-hybridized carbons (Fsp3) is 0.0952. The zero-order valence-electron chi connectivity index (χ0n) is 14.9. The van der Waals surface area contributed by atoms with Gasteiger partial charge in [0.15, 0.2) is 0 Å². The minimum absolute atomic E-state index is 0.152. The van der Waals surface area contributed by atoms with Crippen LogP contribution in [-0.2, 0) is 0 Å². The van der Waals surface area contributed by atoms with Gasteiger partial charge in [0.25, 0.3) is 5.91 Å². The lowest BCUT2D eigenvalue weighted by Gasteiger charge is -2.10. The summed E-state index contributed by atoms with van der Waals surface area (Å²) in [4.78, 5) is 12.1. The van der Waals surface area contributed by atoms with E-state index in [9.17, 15) is 9.18 Å². The molecule has 0 aliphatic carbocycles. The third kappa shape index (κ3) is 3.93. The Labute approximate surface area is 156 Å². The second kappa shape index (κ2) is 7.67. The molecule has 0 atom stereocenters. The van der Waals surface area contributed by atoms with Crippen LogP contribution >= 0.6 is 0 Å². The largest absolute Gasteiger partial charge is 0.315 e. The molecule has 1 aromatic heterocycles. The molecule has 3 rings (SSSR count). The number of amides is 1. The first-order valence-corrected chi connectivity index (χ1v) is 8.27. The molecule has 0 fully saturated rings. The van der Waals surface area contributed by atoms with Gasteiger partial charge in [-0.15, -0.1) is 0 Å². The van der Waals surface area contributed by atoms with E-state index in [2.05, 4.69) is 16.6 Å². The van der Waals surface area contributed by atoms with Gasteiger partial charge in [-0.1, -0.05) is 17.7 Å². The Kier molecular flexibility index (Phi) is 5.13. The molecule has 0 bridgehead atoms. The van der Waals surface area contributed by atoms with Crippen LogP contribution in [0.1, 0.15) is 32.7 Å². The molecule has 27 heavy (non-hydrogen) atoms. The van der Waals surface area contributed by atoms with Crippen molar-refractivity contribution in [3.63, 3.8) is 0 Å². The predicted molar refractivity (Wildman–Crippen MR) is 101 cm³/mol. The van der Waals surface area contributed by atoms with Crippen molar-refractivity contribution >= 4 is 12.1 Å². The molecule has 0 saturated carbocycles. The van der Waals surface area contributed by atoms with Gasteiger partial charge in [-0.25, -0.2) is 9.82 Å². The lowest BCUT2D eigenvalue weighted by atomic mass is 10.1. The Morgan fingerprint density at radius 3 is 2.74 bits per heavy atom. The van der Waals surface area contributed by atoms with E-state index in [1.807, 2.05) is 54.9 Å². The summed E-state index contributed by atoms with van der Waals surface area (Å²) in [7, 11) is 0. The van der Waals surface area contributed by atoms with Crippen LogP contribution in [0.25, 0.3) is 5.69 Å². The molecule has 2 aromatic carbocycles. The fourth-order valence-electron chi connectivity index (χ4n) is 2.78. The standard InChI is InChI=1S/C21H17FN4O/c1-14-5-8-20(15(2)10-14)26-9-3-4-17(26)13-24-25-21(27)18-7-6-16(12-23)11-19(18)22/h3-11,13H,1-2H3,(H,25,27). The van der Waals surface area contributed by atoms with Gasteiger partial charge in [-0.3, -0.25) is 4.79 Å². The van der Waals surface area contributed by atoms with Crippen LogP contribution in [0.3, 0.4) is 0 Å². The Balaban J connectivity index is 1.77. The van der Waals surface area contributed by atoms with Crippen LogP contribution in [0, 0.1) is 31.0 Å². The number of aryl methyl sites for hydroxylation is 2. The highest BCUT2D eigenvalue weighted by Gasteiger charge is 2.11. The lowest BCUT2D eigenvalue weighted by Crippen LogP contribution is -2.19. The first kappa shape index (κ1) is 18.1. The molecule has 1 N–H and O–H groups in total. The zero-order valence-corrected chi connectivity index (χ0v) is 14.9. The topological polar surface area (TPSA) is 70.2 Å². The summed E-state index contributed by atoms with van der Waals surface area (Å²) in [6.07, 6.45) is 3.40.